The molecule has 25 heavy (non-hydrogen) atoms. The molecule has 1 amide bonds. The number of hydrogen-bond donors (Lipinski definition) is 3. The van der Waals surface area contributed by atoms with Gasteiger partial charge in [-0.25, -0.2) is 4.98 Å². The number of aromatic nitrogens is 1. The summed E-state index contributed by atoms with van der Waals surface area (Å²) in [4.78, 5) is 29.2. The Labute approximate surface area is 147 Å². The summed E-state index contributed by atoms with van der Waals surface area (Å²) in [6, 6.07) is 5.12. The van der Waals surface area contributed by atoms with Crippen molar-refractivity contribution in [2.24, 2.45) is 5.41 Å². The molecule has 2 saturated heterocycles. The number of rotatable bonds is 1. The van der Waals surface area contributed by atoms with E-state index in [4.69, 9.17) is 15.6 Å². The fraction of sp³-hybridized carbons (Fsp3) is 0.588. The second-order valence-electron chi connectivity index (χ2n) is 6.79. The van der Waals surface area contributed by atoms with E-state index in [2.05, 4.69) is 16.9 Å². The standard InChI is InChI=1S/C16H24N4O2.CH2O2/c1-19-9-6-13(21)16(10-19)7-3-8-20(11-16)15(22)12-4-2-5-14(17)18-12;2-1-3/h2,4-5,13,21H,3,6-11H2,1H3,(H2,17,18);1H,(H,2,3)/t13-,16-;/m0./s1. The average Bonchev–Trinajstić information content (AvgIpc) is 2.59. The number of nitrogens with two attached hydrogens (primary N) is 1. The highest BCUT2D eigenvalue weighted by Gasteiger charge is 2.45. The fourth-order valence-corrected chi connectivity index (χ4v) is 3.84. The fourth-order valence-electron chi connectivity index (χ4n) is 3.84. The number of hydrogen-bond acceptors (Lipinski definition) is 6. The second-order valence-corrected chi connectivity index (χ2v) is 6.79. The van der Waals surface area contributed by atoms with Gasteiger partial charge in [0, 0.05) is 31.6 Å². The number of anilines is 1. The van der Waals surface area contributed by atoms with Crippen LogP contribution in [0.1, 0.15) is 29.8 Å². The van der Waals surface area contributed by atoms with Gasteiger partial charge in [0.05, 0.1) is 6.10 Å². The minimum Gasteiger partial charge on any atom is -0.483 e. The summed E-state index contributed by atoms with van der Waals surface area (Å²) in [5.74, 6) is 0.266. The number of aliphatic hydroxyl groups excluding tert-OH is 1. The molecule has 8 heteroatoms. The number of carbonyl (C=O) groups is 2. The summed E-state index contributed by atoms with van der Waals surface area (Å²) in [5, 5.41) is 17.4. The molecule has 4 N–H and O–H groups in total. The maximum atomic E-state index is 12.7. The van der Waals surface area contributed by atoms with E-state index in [0.29, 0.717) is 24.6 Å². The Hall–Kier alpha value is -2.19. The summed E-state index contributed by atoms with van der Waals surface area (Å²) in [7, 11) is 2.08. The van der Waals surface area contributed by atoms with Crippen LogP contribution in [-0.2, 0) is 4.79 Å². The zero-order valence-corrected chi connectivity index (χ0v) is 14.5. The van der Waals surface area contributed by atoms with Crippen molar-refractivity contribution in [2.45, 2.75) is 25.4 Å². The van der Waals surface area contributed by atoms with Crippen molar-refractivity contribution < 1.29 is 19.8 Å². The summed E-state index contributed by atoms with van der Waals surface area (Å²) < 4.78 is 0. The molecule has 0 bridgehead atoms. The zero-order valence-electron chi connectivity index (χ0n) is 14.5. The van der Waals surface area contributed by atoms with Crippen molar-refractivity contribution in [3.63, 3.8) is 0 Å². The minimum absolute atomic E-state index is 0.0909. The Kier molecular flexibility index (Phi) is 6.33. The Bertz CT molecular complexity index is 612. The Morgan fingerprint density at radius 2 is 2.12 bits per heavy atom. The second kappa shape index (κ2) is 8.26. The molecule has 2 atom stereocenters. The van der Waals surface area contributed by atoms with Gasteiger partial charge in [-0.2, -0.15) is 0 Å². The first kappa shape index (κ1) is 19.1. The molecule has 2 fully saturated rings. The van der Waals surface area contributed by atoms with Crippen molar-refractivity contribution >= 4 is 18.2 Å². The molecule has 1 spiro atoms. The molecule has 0 radical (unpaired) electrons. The number of likely N-dealkylation sites (tertiary alicyclic amines) is 2. The molecule has 2 aliphatic rings. The predicted octanol–water partition coefficient (Wildman–Crippen LogP) is 0.283. The van der Waals surface area contributed by atoms with Crippen LogP contribution < -0.4 is 5.73 Å². The molecule has 0 unspecified atom stereocenters. The largest absolute Gasteiger partial charge is 0.483 e. The Morgan fingerprint density at radius 1 is 1.40 bits per heavy atom. The first-order valence-corrected chi connectivity index (χ1v) is 8.38. The third-order valence-electron chi connectivity index (χ3n) is 4.96. The van der Waals surface area contributed by atoms with Crippen LogP contribution in [0.15, 0.2) is 18.2 Å². The van der Waals surface area contributed by atoms with E-state index in [-0.39, 0.29) is 23.9 Å². The van der Waals surface area contributed by atoms with Crippen LogP contribution in [0.2, 0.25) is 0 Å². The first-order valence-electron chi connectivity index (χ1n) is 8.38. The van der Waals surface area contributed by atoms with Crippen molar-refractivity contribution in [2.75, 3.05) is 39.0 Å². The van der Waals surface area contributed by atoms with Gasteiger partial charge in [0.15, 0.2) is 0 Å². The minimum atomic E-state index is -0.340. The average molecular weight is 350 g/mol. The van der Waals surface area contributed by atoms with Crippen molar-refractivity contribution in [3.8, 4) is 0 Å². The number of nitrogen functional groups attached to an aromatic ring is 1. The molecule has 8 nitrogen and oxygen atoms in total. The molecular weight excluding hydrogens is 324 g/mol. The third kappa shape index (κ3) is 4.46. The van der Waals surface area contributed by atoms with E-state index in [1.807, 2.05) is 4.90 Å². The maximum absolute atomic E-state index is 12.7. The molecule has 1 aromatic heterocycles. The van der Waals surface area contributed by atoms with Gasteiger partial charge in [-0.3, -0.25) is 9.59 Å². The lowest BCUT2D eigenvalue weighted by Crippen LogP contribution is -2.59. The predicted molar refractivity (Wildman–Crippen MR) is 93.0 cm³/mol. The van der Waals surface area contributed by atoms with Crippen molar-refractivity contribution in [1.29, 1.82) is 0 Å². The number of aliphatic hydroxyl groups is 1. The number of piperidine rings is 2. The summed E-state index contributed by atoms with van der Waals surface area (Å²) in [6.45, 7) is 2.80. The monoisotopic (exact) mass is 350 g/mol. The lowest BCUT2D eigenvalue weighted by atomic mass is 9.71. The number of carbonyl (C=O) groups excluding carboxylic acids is 1. The van der Waals surface area contributed by atoms with E-state index < -0.39 is 0 Å². The summed E-state index contributed by atoms with van der Waals surface area (Å²) >= 11 is 0. The zero-order chi connectivity index (χ0) is 18.4. The highest BCUT2D eigenvalue weighted by molar-refractivity contribution is 5.92. The Balaban J connectivity index is 0.000000701. The molecular formula is C17H26N4O4. The van der Waals surface area contributed by atoms with E-state index in [1.165, 1.54) is 0 Å². The van der Waals surface area contributed by atoms with Gasteiger partial charge in [-0.15, -0.1) is 0 Å². The first-order chi connectivity index (χ1) is 11.9. The van der Waals surface area contributed by atoms with Gasteiger partial charge >= 0.3 is 0 Å². The third-order valence-corrected chi connectivity index (χ3v) is 4.96. The van der Waals surface area contributed by atoms with E-state index in [0.717, 1.165) is 32.4 Å². The number of pyridine rings is 1. The topological polar surface area (TPSA) is 120 Å². The van der Waals surface area contributed by atoms with Gasteiger partial charge < -0.3 is 25.7 Å². The highest BCUT2D eigenvalue weighted by Crippen LogP contribution is 2.38. The van der Waals surface area contributed by atoms with Gasteiger partial charge in [-0.1, -0.05) is 6.07 Å². The van der Waals surface area contributed by atoms with E-state index in [1.54, 1.807) is 18.2 Å². The molecule has 0 aliphatic carbocycles. The smallest absolute Gasteiger partial charge is 0.290 e. The quantitative estimate of drug-likeness (QED) is 0.622. The lowest BCUT2D eigenvalue weighted by molar-refractivity contribution is -0.122. The molecule has 0 aromatic carbocycles. The molecule has 1 aromatic rings. The summed E-state index contributed by atoms with van der Waals surface area (Å²) in [5.41, 5.74) is 5.85. The number of nitrogens with zero attached hydrogens (tertiary/aromatic N) is 3. The molecule has 2 aliphatic heterocycles. The SMILES string of the molecule is CN1CC[C@H](O)[C@@]2(CCCN(C(=O)c3cccc(N)n3)C2)C1.O=CO. The number of amides is 1. The Morgan fingerprint density at radius 3 is 2.80 bits per heavy atom. The highest BCUT2D eigenvalue weighted by atomic mass is 16.3. The molecule has 3 heterocycles. The molecule has 0 saturated carbocycles. The van der Waals surface area contributed by atoms with Crippen LogP contribution in [0, 0.1) is 5.41 Å². The van der Waals surface area contributed by atoms with Gasteiger partial charge in [0.2, 0.25) is 0 Å². The van der Waals surface area contributed by atoms with Crippen molar-refractivity contribution in [3.05, 3.63) is 23.9 Å². The van der Waals surface area contributed by atoms with Crippen LogP contribution in [-0.4, -0.2) is 76.7 Å². The van der Waals surface area contributed by atoms with E-state index in [9.17, 15) is 9.90 Å². The normalized spacial score (nSPS) is 26.6. The molecule has 138 valence electrons. The van der Waals surface area contributed by atoms with E-state index >= 15 is 0 Å². The van der Waals surface area contributed by atoms with Crippen LogP contribution in [0.25, 0.3) is 0 Å². The van der Waals surface area contributed by atoms with Crippen LogP contribution in [0.3, 0.4) is 0 Å². The summed E-state index contributed by atoms with van der Waals surface area (Å²) in [6.07, 6.45) is 2.31. The van der Waals surface area contributed by atoms with Crippen molar-refractivity contribution in [1.82, 2.24) is 14.8 Å². The van der Waals surface area contributed by atoms with Crippen LogP contribution in [0.5, 0.6) is 0 Å². The van der Waals surface area contributed by atoms with Crippen LogP contribution in [0.4, 0.5) is 5.82 Å². The molecule has 3 rings (SSSR count). The van der Waals surface area contributed by atoms with Gasteiger partial charge in [0.25, 0.3) is 12.4 Å². The number of carboxylic acid groups (broad SMARTS) is 1. The van der Waals surface area contributed by atoms with Gasteiger partial charge in [0.1, 0.15) is 11.5 Å². The lowest BCUT2D eigenvalue weighted by Gasteiger charge is -2.50. The van der Waals surface area contributed by atoms with Crippen LogP contribution >= 0.6 is 0 Å². The van der Waals surface area contributed by atoms with Gasteiger partial charge in [-0.05, 0) is 38.4 Å². The maximum Gasteiger partial charge on any atom is 0.290 e.